The van der Waals surface area contributed by atoms with Crippen LogP contribution in [-0.2, 0) is 20.8 Å². The number of carbonyl (C=O) groups excluding carboxylic acids is 1. The Labute approximate surface area is 169 Å². The largest absolute Gasteiger partial charge is 0.459 e. The molecule has 1 aliphatic heterocycles. The molecule has 3 aromatic rings. The molecule has 2 atom stereocenters. The molecule has 0 unspecified atom stereocenters. The van der Waals surface area contributed by atoms with Gasteiger partial charge in [-0.3, -0.25) is 0 Å². The van der Waals surface area contributed by atoms with Gasteiger partial charge < -0.3 is 9.47 Å². The Morgan fingerprint density at radius 1 is 0.929 bits per heavy atom. The molecule has 0 saturated carbocycles. The average molecular weight is 391 g/mol. The number of benzene rings is 3. The van der Waals surface area contributed by atoms with E-state index in [0.29, 0.717) is 5.56 Å². The van der Waals surface area contributed by atoms with Gasteiger partial charge in [0.2, 0.25) is 0 Å². The molecule has 0 N–H and O–H groups in total. The minimum Gasteiger partial charge on any atom is -0.459 e. The highest BCUT2D eigenvalue weighted by atomic mass is 32.2. The highest BCUT2D eigenvalue weighted by Gasteiger charge is 2.43. The lowest BCUT2D eigenvalue weighted by atomic mass is 10.0. The summed E-state index contributed by atoms with van der Waals surface area (Å²) in [5.74, 6) is 0.471. The molecule has 0 bridgehead atoms. The van der Waals surface area contributed by atoms with Gasteiger partial charge >= 0.3 is 5.97 Å². The molecule has 4 rings (SSSR count). The van der Waals surface area contributed by atoms with Crippen LogP contribution < -0.4 is 0 Å². The highest BCUT2D eigenvalue weighted by Crippen LogP contribution is 2.47. The standard InChI is InChI=1S/C24H22O3S/c25-23(20-12-6-2-7-13-20)26-17-22-18-28-24(27-22,21-14-8-3-9-15-21)16-19-10-4-1-5-11-19/h1-15,22H,16-18H2/t22-,24-/m1/s1. The second kappa shape index (κ2) is 8.63. The molecule has 0 amide bonds. The smallest absolute Gasteiger partial charge is 0.338 e. The maximum atomic E-state index is 12.2. The van der Waals surface area contributed by atoms with Crippen molar-refractivity contribution in [2.24, 2.45) is 0 Å². The molecule has 1 heterocycles. The Morgan fingerprint density at radius 2 is 1.54 bits per heavy atom. The second-order valence-corrected chi connectivity index (χ2v) is 8.08. The molecule has 1 fully saturated rings. The monoisotopic (exact) mass is 390 g/mol. The summed E-state index contributed by atoms with van der Waals surface area (Å²) < 4.78 is 12.0. The van der Waals surface area contributed by atoms with Crippen LogP contribution in [0.5, 0.6) is 0 Å². The normalized spacial score (nSPS) is 21.4. The number of esters is 1. The van der Waals surface area contributed by atoms with E-state index in [9.17, 15) is 4.79 Å². The first-order valence-electron chi connectivity index (χ1n) is 9.39. The van der Waals surface area contributed by atoms with Gasteiger partial charge in [0.25, 0.3) is 0 Å². The Kier molecular flexibility index (Phi) is 5.79. The van der Waals surface area contributed by atoms with Gasteiger partial charge in [0.05, 0.1) is 5.56 Å². The molecule has 3 nitrogen and oxygen atoms in total. The molecular weight excluding hydrogens is 368 g/mol. The van der Waals surface area contributed by atoms with E-state index in [1.807, 2.05) is 54.6 Å². The molecule has 0 spiro atoms. The predicted molar refractivity (Wildman–Crippen MR) is 112 cm³/mol. The van der Waals surface area contributed by atoms with E-state index in [-0.39, 0.29) is 18.7 Å². The average Bonchev–Trinajstić information content (AvgIpc) is 3.18. The quantitative estimate of drug-likeness (QED) is 0.551. The van der Waals surface area contributed by atoms with Crippen molar-refractivity contribution >= 4 is 17.7 Å². The van der Waals surface area contributed by atoms with E-state index in [2.05, 4.69) is 24.3 Å². The first-order valence-corrected chi connectivity index (χ1v) is 10.4. The van der Waals surface area contributed by atoms with Crippen LogP contribution in [0.15, 0.2) is 91.0 Å². The van der Waals surface area contributed by atoms with Gasteiger partial charge in [0, 0.05) is 12.2 Å². The van der Waals surface area contributed by atoms with Gasteiger partial charge in [-0.1, -0.05) is 78.9 Å². The van der Waals surface area contributed by atoms with E-state index in [4.69, 9.17) is 9.47 Å². The van der Waals surface area contributed by atoms with E-state index >= 15 is 0 Å². The molecule has 1 aliphatic rings. The number of ether oxygens (including phenoxy) is 2. The third kappa shape index (κ3) is 4.29. The van der Waals surface area contributed by atoms with Crippen molar-refractivity contribution in [1.82, 2.24) is 0 Å². The number of hydrogen-bond acceptors (Lipinski definition) is 4. The summed E-state index contributed by atoms with van der Waals surface area (Å²) in [4.78, 5) is 11.8. The van der Waals surface area contributed by atoms with Gasteiger partial charge in [-0.2, -0.15) is 0 Å². The van der Waals surface area contributed by atoms with Crippen molar-refractivity contribution in [1.29, 1.82) is 0 Å². The molecular formula is C24H22O3S. The summed E-state index contributed by atoms with van der Waals surface area (Å²) in [6.07, 6.45) is 0.632. The van der Waals surface area contributed by atoms with Gasteiger partial charge in [-0.25, -0.2) is 4.79 Å². The van der Waals surface area contributed by atoms with Gasteiger partial charge in [-0.05, 0) is 23.3 Å². The fraction of sp³-hybridized carbons (Fsp3) is 0.208. The van der Waals surface area contributed by atoms with Gasteiger partial charge in [-0.15, -0.1) is 11.8 Å². The molecule has 28 heavy (non-hydrogen) atoms. The van der Waals surface area contributed by atoms with Crippen LogP contribution in [0.25, 0.3) is 0 Å². The zero-order valence-electron chi connectivity index (χ0n) is 15.5. The lowest BCUT2D eigenvalue weighted by Crippen LogP contribution is -2.29. The first-order chi connectivity index (χ1) is 13.8. The summed E-state index contributed by atoms with van der Waals surface area (Å²) in [7, 11) is 0. The van der Waals surface area contributed by atoms with Crippen LogP contribution in [0.1, 0.15) is 21.5 Å². The Bertz CT molecular complexity index is 899. The van der Waals surface area contributed by atoms with Gasteiger partial charge in [0.15, 0.2) is 0 Å². The Balaban J connectivity index is 1.47. The minimum atomic E-state index is -0.466. The molecule has 4 heteroatoms. The Morgan fingerprint density at radius 3 is 2.21 bits per heavy atom. The van der Waals surface area contributed by atoms with E-state index in [1.54, 1.807) is 23.9 Å². The fourth-order valence-corrected chi connectivity index (χ4v) is 4.77. The summed E-state index contributed by atoms with van der Waals surface area (Å²) >= 11 is 1.78. The molecule has 0 radical (unpaired) electrons. The van der Waals surface area contributed by atoms with Crippen molar-refractivity contribution in [3.8, 4) is 0 Å². The van der Waals surface area contributed by atoms with Crippen molar-refractivity contribution < 1.29 is 14.3 Å². The van der Waals surface area contributed by atoms with E-state index in [0.717, 1.165) is 17.7 Å². The van der Waals surface area contributed by atoms with Crippen molar-refractivity contribution in [3.05, 3.63) is 108 Å². The van der Waals surface area contributed by atoms with Crippen LogP contribution in [0.3, 0.4) is 0 Å². The molecule has 142 valence electrons. The van der Waals surface area contributed by atoms with Crippen molar-refractivity contribution in [2.45, 2.75) is 17.5 Å². The summed E-state index contributed by atoms with van der Waals surface area (Å²) in [6, 6.07) is 29.7. The maximum Gasteiger partial charge on any atom is 0.338 e. The summed E-state index contributed by atoms with van der Waals surface area (Å²) in [5, 5.41) is 0. The van der Waals surface area contributed by atoms with Crippen molar-refractivity contribution in [3.63, 3.8) is 0 Å². The molecule has 3 aromatic carbocycles. The first kappa shape index (κ1) is 18.8. The predicted octanol–water partition coefficient (Wildman–Crippen LogP) is 5.07. The number of carbonyl (C=O) groups is 1. The molecule has 0 aromatic heterocycles. The van der Waals surface area contributed by atoms with Crippen LogP contribution in [0.4, 0.5) is 0 Å². The number of thioether (sulfide) groups is 1. The van der Waals surface area contributed by atoms with E-state index < -0.39 is 4.93 Å². The number of hydrogen-bond donors (Lipinski definition) is 0. The van der Waals surface area contributed by atoms with Crippen LogP contribution >= 0.6 is 11.8 Å². The third-order valence-corrected chi connectivity index (χ3v) is 6.24. The van der Waals surface area contributed by atoms with E-state index in [1.165, 1.54) is 5.56 Å². The molecule has 1 saturated heterocycles. The SMILES string of the molecule is O=C(OC[C@@H]1CS[C@](Cc2ccccc2)(c2ccccc2)O1)c1ccccc1. The second-order valence-electron chi connectivity index (χ2n) is 6.80. The van der Waals surface area contributed by atoms with Crippen LogP contribution in [0.2, 0.25) is 0 Å². The van der Waals surface area contributed by atoms with Crippen molar-refractivity contribution in [2.75, 3.05) is 12.4 Å². The fourth-order valence-electron chi connectivity index (χ4n) is 3.38. The van der Waals surface area contributed by atoms with Crippen LogP contribution in [0, 0.1) is 0 Å². The Hall–Kier alpha value is -2.56. The third-order valence-electron chi connectivity index (χ3n) is 4.76. The lowest BCUT2D eigenvalue weighted by molar-refractivity contribution is -0.0426. The minimum absolute atomic E-state index is 0.137. The van der Waals surface area contributed by atoms with Crippen LogP contribution in [-0.4, -0.2) is 24.4 Å². The topological polar surface area (TPSA) is 35.5 Å². The summed E-state index contributed by atoms with van der Waals surface area (Å²) in [6.45, 7) is 0.254. The summed E-state index contributed by atoms with van der Waals surface area (Å²) in [5.41, 5.74) is 2.92. The highest BCUT2D eigenvalue weighted by molar-refractivity contribution is 8.00. The zero-order chi connectivity index (χ0) is 19.2. The lowest BCUT2D eigenvalue weighted by Gasteiger charge is -2.29. The number of rotatable bonds is 6. The maximum absolute atomic E-state index is 12.2. The molecule has 0 aliphatic carbocycles. The zero-order valence-corrected chi connectivity index (χ0v) is 16.3. The van der Waals surface area contributed by atoms with Gasteiger partial charge in [0.1, 0.15) is 17.6 Å².